The molecular formula is C12H18Cl2N2. The predicted molar refractivity (Wildman–Crippen MR) is 69.2 cm³/mol. The van der Waals surface area contributed by atoms with Crippen molar-refractivity contribution in [3.05, 3.63) is 21.7 Å². The molecule has 1 aromatic heterocycles. The SMILES string of the molecule is CCCc1c(Cl)nc(CC(C)(C)C)nc1Cl. The average molecular weight is 261 g/mol. The average Bonchev–Trinajstić information content (AvgIpc) is 2.08. The van der Waals surface area contributed by atoms with Gasteiger partial charge in [0.1, 0.15) is 16.1 Å². The van der Waals surface area contributed by atoms with Crippen LogP contribution in [-0.4, -0.2) is 9.97 Å². The molecule has 0 N–H and O–H groups in total. The summed E-state index contributed by atoms with van der Waals surface area (Å²) in [4.78, 5) is 8.62. The van der Waals surface area contributed by atoms with Crippen molar-refractivity contribution in [2.45, 2.75) is 47.0 Å². The van der Waals surface area contributed by atoms with Gasteiger partial charge in [-0.15, -0.1) is 0 Å². The maximum Gasteiger partial charge on any atom is 0.137 e. The van der Waals surface area contributed by atoms with Crippen molar-refractivity contribution >= 4 is 23.2 Å². The molecule has 1 aromatic rings. The van der Waals surface area contributed by atoms with Crippen LogP contribution in [0.25, 0.3) is 0 Å². The zero-order valence-electron chi connectivity index (χ0n) is 10.3. The Bertz CT molecular complexity index is 347. The standard InChI is InChI=1S/C12H18Cl2N2/c1-5-6-8-10(13)15-9(16-11(8)14)7-12(2,3)4/h5-7H2,1-4H3. The second-order valence-corrected chi connectivity index (χ2v) is 5.90. The molecule has 4 heteroatoms. The van der Waals surface area contributed by atoms with Gasteiger partial charge in [-0.2, -0.15) is 0 Å². The Kier molecular flexibility index (Phi) is 4.57. The van der Waals surface area contributed by atoms with E-state index in [0.29, 0.717) is 10.3 Å². The second-order valence-electron chi connectivity index (χ2n) is 5.19. The van der Waals surface area contributed by atoms with E-state index in [1.54, 1.807) is 0 Å². The number of hydrogen-bond donors (Lipinski definition) is 0. The first kappa shape index (κ1) is 13.7. The fourth-order valence-electron chi connectivity index (χ4n) is 1.48. The summed E-state index contributed by atoms with van der Waals surface area (Å²) in [6, 6.07) is 0. The van der Waals surface area contributed by atoms with Gasteiger partial charge in [0.2, 0.25) is 0 Å². The van der Waals surface area contributed by atoms with Crippen LogP contribution in [0, 0.1) is 5.41 Å². The van der Waals surface area contributed by atoms with Crippen molar-refractivity contribution in [3.63, 3.8) is 0 Å². The number of hydrogen-bond acceptors (Lipinski definition) is 2. The fraction of sp³-hybridized carbons (Fsp3) is 0.667. The molecule has 0 saturated carbocycles. The third kappa shape index (κ3) is 3.91. The summed E-state index contributed by atoms with van der Waals surface area (Å²) in [5.74, 6) is 0.724. The summed E-state index contributed by atoms with van der Waals surface area (Å²) in [6.45, 7) is 8.49. The van der Waals surface area contributed by atoms with E-state index in [2.05, 4.69) is 37.7 Å². The number of nitrogens with zero attached hydrogens (tertiary/aromatic N) is 2. The van der Waals surface area contributed by atoms with E-state index in [-0.39, 0.29) is 5.41 Å². The molecule has 0 saturated heterocycles. The van der Waals surface area contributed by atoms with Crippen LogP contribution in [0.4, 0.5) is 0 Å². The molecule has 1 heterocycles. The molecular weight excluding hydrogens is 243 g/mol. The molecule has 0 spiro atoms. The lowest BCUT2D eigenvalue weighted by Gasteiger charge is -2.17. The molecule has 0 atom stereocenters. The second kappa shape index (κ2) is 5.33. The van der Waals surface area contributed by atoms with E-state index in [4.69, 9.17) is 23.2 Å². The van der Waals surface area contributed by atoms with Crippen LogP contribution in [0.2, 0.25) is 10.3 Å². The normalized spacial score (nSPS) is 11.9. The molecule has 0 fully saturated rings. The zero-order chi connectivity index (χ0) is 12.3. The van der Waals surface area contributed by atoms with Gasteiger partial charge in [0, 0.05) is 12.0 Å². The van der Waals surface area contributed by atoms with Crippen LogP contribution in [-0.2, 0) is 12.8 Å². The lowest BCUT2D eigenvalue weighted by molar-refractivity contribution is 0.400. The van der Waals surface area contributed by atoms with Gasteiger partial charge in [-0.25, -0.2) is 9.97 Å². The van der Waals surface area contributed by atoms with Gasteiger partial charge >= 0.3 is 0 Å². The minimum atomic E-state index is 0.138. The summed E-state index contributed by atoms with van der Waals surface area (Å²) in [6.07, 6.45) is 2.59. The molecule has 0 bridgehead atoms. The Hall–Kier alpha value is -0.340. The highest BCUT2D eigenvalue weighted by atomic mass is 35.5. The maximum absolute atomic E-state index is 6.11. The van der Waals surface area contributed by atoms with Crippen molar-refractivity contribution < 1.29 is 0 Å². The van der Waals surface area contributed by atoms with Crippen molar-refractivity contribution in [1.29, 1.82) is 0 Å². The van der Waals surface area contributed by atoms with Crippen LogP contribution in [0.3, 0.4) is 0 Å². The molecule has 0 aliphatic heterocycles. The molecule has 0 aromatic carbocycles. The van der Waals surface area contributed by atoms with Crippen LogP contribution >= 0.6 is 23.2 Å². The van der Waals surface area contributed by atoms with Crippen molar-refractivity contribution in [3.8, 4) is 0 Å². The van der Waals surface area contributed by atoms with Gasteiger partial charge in [-0.05, 0) is 11.8 Å². The van der Waals surface area contributed by atoms with Gasteiger partial charge in [0.25, 0.3) is 0 Å². The molecule has 0 radical (unpaired) electrons. The smallest absolute Gasteiger partial charge is 0.137 e. The van der Waals surface area contributed by atoms with Gasteiger partial charge in [0.15, 0.2) is 0 Å². The fourth-order valence-corrected chi connectivity index (χ4v) is 2.09. The minimum Gasteiger partial charge on any atom is -0.221 e. The summed E-state index contributed by atoms with van der Waals surface area (Å²) >= 11 is 12.2. The predicted octanol–water partition coefficient (Wildman–Crippen LogP) is 4.32. The third-order valence-corrected chi connectivity index (χ3v) is 2.77. The molecule has 0 aliphatic carbocycles. The number of halogens is 2. The number of aromatic nitrogens is 2. The molecule has 0 unspecified atom stereocenters. The Labute approximate surface area is 107 Å². The highest BCUT2D eigenvalue weighted by molar-refractivity contribution is 6.34. The first-order valence-electron chi connectivity index (χ1n) is 5.54. The Morgan fingerprint density at radius 3 is 1.94 bits per heavy atom. The van der Waals surface area contributed by atoms with E-state index in [9.17, 15) is 0 Å². The van der Waals surface area contributed by atoms with Crippen molar-refractivity contribution in [2.24, 2.45) is 5.41 Å². The third-order valence-electron chi connectivity index (χ3n) is 2.14. The van der Waals surface area contributed by atoms with Gasteiger partial charge in [-0.1, -0.05) is 57.3 Å². The maximum atomic E-state index is 6.11. The van der Waals surface area contributed by atoms with Crippen LogP contribution in [0.5, 0.6) is 0 Å². The lowest BCUT2D eigenvalue weighted by Crippen LogP contribution is -2.13. The zero-order valence-corrected chi connectivity index (χ0v) is 11.8. The molecule has 0 aliphatic rings. The Morgan fingerprint density at radius 1 is 1.06 bits per heavy atom. The topological polar surface area (TPSA) is 25.8 Å². The van der Waals surface area contributed by atoms with E-state index in [0.717, 1.165) is 30.7 Å². The van der Waals surface area contributed by atoms with Crippen LogP contribution in [0.15, 0.2) is 0 Å². The van der Waals surface area contributed by atoms with Gasteiger partial charge < -0.3 is 0 Å². The Morgan fingerprint density at radius 2 is 1.56 bits per heavy atom. The van der Waals surface area contributed by atoms with E-state index >= 15 is 0 Å². The van der Waals surface area contributed by atoms with Crippen molar-refractivity contribution in [1.82, 2.24) is 9.97 Å². The Balaban J connectivity index is 3.00. The molecule has 1 rings (SSSR count). The molecule has 16 heavy (non-hydrogen) atoms. The molecule has 90 valence electrons. The summed E-state index contributed by atoms with van der Waals surface area (Å²) < 4.78 is 0. The van der Waals surface area contributed by atoms with E-state index < -0.39 is 0 Å². The highest BCUT2D eigenvalue weighted by Crippen LogP contribution is 2.25. The lowest BCUT2D eigenvalue weighted by atomic mass is 9.92. The van der Waals surface area contributed by atoms with Crippen LogP contribution < -0.4 is 0 Å². The van der Waals surface area contributed by atoms with Crippen molar-refractivity contribution in [2.75, 3.05) is 0 Å². The van der Waals surface area contributed by atoms with Gasteiger partial charge in [0.05, 0.1) is 0 Å². The van der Waals surface area contributed by atoms with E-state index in [1.165, 1.54) is 0 Å². The monoisotopic (exact) mass is 260 g/mol. The van der Waals surface area contributed by atoms with Gasteiger partial charge in [-0.3, -0.25) is 0 Å². The number of rotatable bonds is 3. The first-order chi connectivity index (χ1) is 7.33. The highest BCUT2D eigenvalue weighted by Gasteiger charge is 2.16. The van der Waals surface area contributed by atoms with Crippen LogP contribution in [0.1, 0.15) is 45.5 Å². The largest absolute Gasteiger partial charge is 0.221 e. The molecule has 2 nitrogen and oxygen atoms in total. The molecule has 0 amide bonds. The minimum absolute atomic E-state index is 0.138. The summed E-state index contributed by atoms with van der Waals surface area (Å²) in [7, 11) is 0. The first-order valence-corrected chi connectivity index (χ1v) is 6.30. The summed E-state index contributed by atoms with van der Waals surface area (Å²) in [5.41, 5.74) is 1.00. The summed E-state index contributed by atoms with van der Waals surface area (Å²) in [5, 5.41) is 1.00. The quantitative estimate of drug-likeness (QED) is 0.757. The van der Waals surface area contributed by atoms with E-state index in [1.807, 2.05) is 0 Å².